The standard InChI is InChI=1S/C17H27NO3/c19-16(13-8-2-3-9-14(13)17(20)21)18-11-5-7-12-6-1-4-10-15(12)18/h12-15H,1-11H2,(H,20,21). The molecule has 0 aromatic heterocycles. The van der Waals surface area contributed by atoms with E-state index < -0.39 is 11.9 Å². The first-order valence-electron chi connectivity index (χ1n) is 8.72. The summed E-state index contributed by atoms with van der Waals surface area (Å²) in [6.07, 6.45) is 10.6. The number of carbonyl (C=O) groups excluding carboxylic acids is 1. The van der Waals surface area contributed by atoms with Crippen molar-refractivity contribution >= 4 is 11.9 Å². The van der Waals surface area contributed by atoms with Gasteiger partial charge in [-0.1, -0.05) is 25.7 Å². The number of nitrogens with zero attached hydrogens (tertiary/aromatic N) is 1. The van der Waals surface area contributed by atoms with E-state index in [0.29, 0.717) is 18.4 Å². The summed E-state index contributed by atoms with van der Waals surface area (Å²) in [4.78, 5) is 26.5. The molecular weight excluding hydrogens is 266 g/mol. The van der Waals surface area contributed by atoms with E-state index in [1.54, 1.807) is 0 Å². The lowest BCUT2D eigenvalue weighted by atomic mass is 9.75. The van der Waals surface area contributed by atoms with Crippen molar-refractivity contribution in [3.8, 4) is 0 Å². The second-order valence-corrected chi connectivity index (χ2v) is 7.12. The SMILES string of the molecule is O=C(O)C1CCCCC1C(=O)N1CCCC2CCCCC21. The van der Waals surface area contributed by atoms with E-state index in [-0.39, 0.29) is 11.8 Å². The van der Waals surface area contributed by atoms with Crippen LogP contribution in [0.2, 0.25) is 0 Å². The van der Waals surface area contributed by atoms with Crippen LogP contribution >= 0.6 is 0 Å². The highest BCUT2D eigenvalue weighted by Crippen LogP contribution is 2.38. The summed E-state index contributed by atoms with van der Waals surface area (Å²) in [5.41, 5.74) is 0. The van der Waals surface area contributed by atoms with Crippen LogP contribution in [0.25, 0.3) is 0 Å². The first-order valence-corrected chi connectivity index (χ1v) is 8.72. The van der Waals surface area contributed by atoms with Crippen LogP contribution in [0.15, 0.2) is 0 Å². The summed E-state index contributed by atoms with van der Waals surface area (Å²) >= 11 is 0. The molecule has 4 nitrogen and oxygen atoms in total. The molecule has 0 radical (unpaired) electrons. The third kappa shape index (κ3) is 2.95. The molecule has 3 aliphatic rings. The Bertz CT molecular complexity index is 407. The Hall–Kier alpha value is -1.06. The van der Waals surface area contributed by atoms with Crippen molar-refractivity contribution in [2.24, 2.45) is 17.8 Å². The maximum atomic E-state index is 13.0. The van der Waals surface area contributed by atoms with Gasteiger partial charge >= 0.3 is 5.97 Å². The lowest BCUT2D eigenvalue weighted by Gasteiger charge is -2.46. The van der Waals surface area contributed by atoms with Gasteiger partial charge in [-0.15, -0.1) is 0 Å². The molecule has 1 heterocycles. The maximum absolute atomic E-state index is 13.0. The van der Waals surface area contributed by atoms with E-state index >= 15 is 0 Å². The van der Waals surface area contributed by atoms with Crippen LogP contribution < -0.4 is 0 Å². The summed E-state index contributed by atoms with van der Waals surface area (Å²) in [6.45, 7) is 0.850. The Morgan fingerprint density at radius 2 is 1.43 bits per heavy atom. The molecule has 0 aromatic rings. The summed E-state index contributed by atoms with van der Waals surface area (Å²) in [7, 11) is 0. The van der Waals surface area contributed by atoms with Crippen molar-refractivity contribution in [2.45, 2.75) is 70.3 Å². The van der Waals surface area contributed by atoms with Gasteiger partial charge in [0.25, 0.3) is 0 Å². The lowest BCUT2D eigenvalue weighted by Crippen LogP contribution is -2.53. The van der Waals surface area contributed by atoms with Gasteiger partial charge in [-0.25, -0.2) is 0 Å². The zero-order chi connectivity index (χ0) is 14.8. The number of fused-ring (bicyclic) bond motifs is 1. The molecule has 1 saturated heterocycles. The van der Waals surface area contributed by atoms with Crippen LogP contribution in [0.5, 0.6) is 0 Å². The normalized spacial score (nSPS) is 36.9. The molecule has 2 saturated carbocycles. The molecule has 3 fully saturated rings. The number of piperidine rings is 1. The molecule has 21 heavy (non-hydrogen) atoms. The van der Waals surface area contributed by atoms with Crippen molar-refractivity contribution in [3.05, 3.63) is 0 Å². The maximum Gasteiger partial charge on any atom is 0.307 e. The smallest absolute Gasteiger partial charge is 0.307 e. The van der Waals surface area contributed by atoms with Crippen LogP contribution in [0.4, 0.5) is 0 Å². The van der Waals surface area contributed by atoms with Crippen LogP contribution in [0, 0.1) is 17.8 Å². The van der Waals surface area contributed by atoms with Gasteiger partial charge in [0.1, 0.15) is 0 Å². The summed E-state index contributed by atoms with van der Waals surface area (Å²) in [6, 6.07) is 0.399. The number of rotatable bonds is 2. The van der Waals surface area contributed by atoms with Gasteiger partial charge in [-0.05, 0) is 44.4 Å². The molecule has 0 bridgehead atoms. The topological polar surface area (TPSA) is 57.6 Å². The third-order valence-electron chi connectivity index (χ3n) is 5.93. The average molecular weight is 293 g/mol. The second-order valence-electron chi connectivity index (χ2n) is 7.12. The van der Waals surface area contributed by atoms with Gasteiger partial charge < -0.3 is 10.0 Å². The largest absolute Gasteiger partial charge is 0.481 e. The van der Waals surface area contributed by atoms with E-state index in [1.807, 2.05) is 0 Å². The minimum Gasteiger partial charge on any atom is -0.481 e. The highest BCUT2D eigenvalue weighted by Gasteiger charge is 2.42. The number of carboxylic acid groups (broad SMARTS) is 1. The van der Waals surface area contributed by atoms with Crippen molar-refractivity contribution in [2.75, 3.05) is 6.54 Å². The molecule has 1 N–H and O–H groups in total. The van der Waals surface area contributed by atoms with E-state index in [9.17, 15) is 14.7 Å². The molecule has 0 spiro atoms. The first-order chi connectivity index (χ1) is 10.2. The Labute approximate surface area is 126 Å². The fourth-order valence-corrected chi connectivity index (χ4v) is 4.83. The van der Waals surface area contributed by atoms with Crippen LogP contribution in [-0.4, -0.2) is 34.5 Å². The summed E-state index contributed by atoms with van der Waals surface area (Å²) in [5.74, 6) is -0.667. The third-order valence-corrected chi connectivity index (χ3v) is 5.93. The monoisotopic (exact) mass is 293 g/mol. The number of hydrogen-bond donors (Lipinski definition) is 1. The molecule has 4 unspecified atom stereocenters. The van der Waals surface area contributed by atoms with E-state index in [1.165, 1.54) is 25.7 Å². The number of likely N-dealkylation sites (tertiary alicyclic amines) is 1. The Kier molecular flexibility index (Phi) is 4.51. The number of hydrogen-bond acceptors (Lipinski definition) is 2. The molecule has 3 rings (SSSR count). The van der Waals surface area contributed by atoms with Crippen LogP contribution in [-0.2, 0) is 9.59 Å². The quantitative estimate of drug-likeness (QED) is 0.851. The van der Waals surface area contributed by atoms with Crippen LogP contribution in [0.1, 0.15) is 64.2 Å². The fourth-order valence-electron chi connectivity index (χ4n) is 4.83. The molecule has 1 aliphatic heterocycles. The fraction of sp³-hybridized carbons (Fsp3) is 0.882. The highest BCUT2D eigenvalue weighted by atomic mass is 16.4. The molecule has 118 valence electrons. The average Bonchev–Trinajstić information content (AvgIpc) is 2.53. The number of carboxylic acids is 1. The van der Waals surface area contributed by atoms with Gasteiger partial charge in [0.05, 0.1) is 11.8 Å². The molecule has 1 amide bonds. The number of aliphatic carboxylic acids is 1. The zero-order valence-corrected chi connectivity index (χ0v) is 12.8. The van der Waals surface area contributed by atoms with Crippen LogP contribution in [0.3, 0.4) is 0 Å². The van der Waals surface area contributed by atoms with Crippen molar-refractivity contribution in [3.63, 3.8) is 0 Å². The zero-order valence-electron chi connectivity index (χ0n) is 12.8. The minimum atomic E-state index is -0.773. The second kappa shape index (κ2) is 6.37. The Balaban J connectivity index is 1.74. The highest BCUT2D eigenvalue weighted by molar-refractivity contribution is 5.85. The first kappa shape index (κ1) is 14.9. The Morgan fingerprint density at radius 1 is 0.810 bits per heavy atom. The summed E-state index contributed by atoms with van der Waals surface area (Å²) < 4.78 is 0. The molecule has 4 heteroatoms. The van der Waals surface area contributed by atoms with Crippen molar-refractivity contribution < 1.29 is 14.7 Å². The molecule has 4 atom stereocenters. The molecule has 0 aromatic carbocycles. The number of carbonyl (C=O) groups is 2. The van der Waals surface area contributed by atoms with Gasteiger partial charge in [-0.2, -0.15) is 0 Å². The Morgan fingerprint density at radius 3 is 2.19 bits per heavy atom. The molecular formula is C17H27NO3. The van der Waals surface area contributed by atoms with Gasteiger partial charge in [0.2, 0.25) is 5.91 Å². The number of amides is 1. The van der Waals surface area contributed by atoms with Gasteiger partial charge in [0.15, 0.2) is 0 Å². The predicted molar refractivity (Wildman–Crippen MR) is 79.8 cm³/mol. The van der Waals surface area contributed by atoms with Gasteiger partial charge in [-0.3, -0.25) is 9.59 Å². The van der Waals surface area contributed by atoms with E-state index in [0.717, 1.165) is 38.6 Å². The summed E-state index contributed by atoms with van der Waals surface area (Å²) in [5, 5.41) is 9.42. The van der Waals surface area contributed by atoms with E-state index in [4.69, 9.17) is 0 Å². The predicted octanol–water partition coefficient (Wildman–Crippen LogP) is 3.06. The minimum absolute atomic E-state index is 0.152. The van der Waals surface area contributed by atoms with Crippen molar-refractivity contribution in [1.82, 2.24) is 4.90 Å². The lowest BCUT2D eigenvalue weighted by molar-refractivity contribution is -0.155. The van der Waals surface area contributed by atoms with E-state index in [2.05, 4.69) is 4.90 Å². The molecule has 2 aliphatic carbocycles. The van der Waals surface area contributed by atoms with Crippen molar-refractivity contribution in [1.29, 1.82) is 0 Å². The van der Waals surface area contributed by atoms with Gasteiger partial charge in [0, 0.05) is 12.6 Å².